The molecule has 0 saturated carbocycles. The number of nitrogens with two attached hydrogens (primary N) is 1. The maximum atomic E-state index is 9.56. The molecule has 0 fully saturated rings. The Balaban J connectivity index is 0.000000278. The number of halogens is 1. The number of unbranched alkanes of at least 4 members (excludes halogenated alkanes) is 1. The standard InChI is InChI=1S/C21H22ClN3OS.C18H34N4O2/c1-3-19(24-20-13-16(14-27-2)23-21(22)25-20)15-8-7-11-18(12-15)26-17-9-5-4-6-10-17;1-24-18-14-16(6-7-17(18)23)15-22-13-5-12-21-10-3-2-9-20-11-4-8-19/h4-13,19H,3,14H2,1-2H3,(H,23,24,25);6-7,14,20-23H,2-5,8-13,15,19H2,1H3. The van der Waals surface area contributed by atoms with Gasteiger partial charge in [0.15, 0.2) is 11.5 Å². The van der Waals surface area contributed by atoms with Crippen molar-refractivity contribution in [2.45, 2.75) is 57.4 Å². The van der Waals surface area contributed by atoms with Gasteiger partial charge < -0.3 is 41.6 Å². The Morgan fingerprint density at radius 3 is 2.24 bits per heavy atom. The van der Waals surface area contributed by atoms with E-state index in [9.17, 15) is 5.11 Å². The smallest absolute Gasteiger partial charge is 0.224 e. The van der Waals surface area contributed by atoms with Gasteiger partial charge in [-0.05, 0) is 137 Å². The number of phenols is 1. The van der Waals surface area contributed by atoms with Crippen molar-refractivity contribution in [2.75, 3.05) is 58.0 Å². The fourth-order valence-electron chi connectivity index (χ4n) is 5.16. The molecule has 0 saturated heterocycles. The Hall–Kier alpha value is -3.58. The summed E-state index contributed by atoms with van der Waals surface area (Å²) in [6.45, 7) is 8.88. The first kappa shape index (κ1) is 41.8. The van der Waals surface area contributed by atoms with Crippen LogP contribution in [0.2, 0.25) is 5.28 Å². The van der Waals surface area contributed by atoms with E-state index in [4.69, 9.17) is 26.8 Å². The molecule has 0 amide bonds. The Labute approximate surface area is 313 Å². The average molecular weight is 738 g/mol. The van der Waals surface area contributed by atoms with Crippen molar-refractivity contribution in [3.8, 4) is 23.0 Å². The van der Waals surface area contributed by atoms with Crippen molar-refractivity contribution in [3.63, 3.8) is 0 Å². The number of rotatable bonds is 23. The summed E-state index contributed by atoms with van der Waals surface area (Å²) >= 11 is 7.79. The minimum absolute atomic E-state index is 0.0948. The van der Waals surface area contributed by atoms with Crippen molar-refractivity contribution < 1.29 is 14.6 Å². The molecule has 0 spiro atoms. The van der Waals surface area contributed by atoms with Gasteiger partial charge in [0.05, 0.1) is 18.8 Å². The third-order valence-electron chi connectivity index (χ3n) is 7.81. The number of thioether (sulfide) groups is 1. The van der Waals surface area contributed by atoms with Crippen LogP contribution in [-0.4, -0.2) is 67.7 Å². The predicted octanol–water partition coefficient (Wildman–Crippen LogP) is 7.54. The van der Waals surface area contributed by atoms with Crippen LogP contribution in [0.3, 0.4) is 0 Å². The van der Waals surface area contributed by atoms with Crippen LogP contribution in [-0.2, 0) is 12.3 Å². The van der Waals surface area contributed by atoms with Gasteiger partial charge in [0.25, 0.3) is 0 Å². The molecule has 1 heterocycles. The zero-order chi connectivity index (χ0) is 36.5. The maximum absolute atomic E-state index is 9.56. The SMILES string of the molecule is CCC(Nc1cc(CSC)nc(Cl)n1)c1cccc(Oc2ccccc2)c1.COc1cc(CNCCCNCCCCNCCCN)ccc1O. The molecule has 0 aliphatic heterocycles. The van der Waals surface area contributed by atoms with Crippen LogP contribution in [0.5, 0.6) is 23.0 Å². The fourth-order valence-corrected chi connectivity index (χ4v) is 5.80. The highest BCUT2D eigenvalue weighted by molar-refractivity contribution is 7.97. The average Bonchev–Trinajstić information content (AvgIpc) is 3.14. The number of hydrogen-bond donors (Lipinski definition) is 6. The first-order valence-corrected chi connectivity index (χ1v) is 19.5. The molecule has 10 nitrogen and oxygen atoms in total. The second-order valence-corrected chi connectivity index (χ2v) is 13.1. The van der Waals surface area contributed by atoms with Crippen LogP contribution in [0.1, 0.15) is 61.9 Å². The van der Waals surface area contributed by atoms with Crippen LogP contribution in [0.15, 0.2) is 78.9 Å². The molecular formula is C39H56ClN7O3S. The van der Waals surface area contributed by atoms with E-state index >= 15 is 0 Å². The minimum atomic E-state index is 0.0948. The number of methoxy groups -OCH3 is 1. The summed E-state index contributed by atoms with van der Waals surface area (Å²) < 4.78 is 11.1. The van der Waals surface area contributed by atoms with E-state index in [1.54, 1.807) is 24.9 Å². The van der Waals surface area contributed by atoms with Gasteiger partial charge >= 0.3 is 0 Å². The normalized spacial score (nSPS) is 11.4. The molecule has 4 aromatic rings. The van der Waals surface area contributed by atoms with E-state index in [0.29, 0.717) is 5.75 Å². The molecule has 3 aromatic carbocycles. The summed E-state index contributed by atoms with van der Waals surface area (Å²) in [6, 6.07) is 25.4. The van der Waals surface area contributed by atoms with Crippen LogP contribution in [0.25, 0.3) is 0 Å². The van der Waals surface area contributed by atoms with Gasteiger partial charge in [-0.15, -0.1) is 0 Å². The highest BCUT2D eigenvalue weighted by Crippen LogP contribution is 2.29. The van der Waals surface area contributed by atoms with E-state index in [0.717, 1.165) is 105 Å². The summed E-state index contributed by atoms with van der Waals surface area (Å²) in [5, 5.41) is 23.6. The van der Waals surface area contributed by atoms with Crippen LogP contribution in [0, 0.1) is 0 Å². The molecule has 4 rings (SSSR count). The van der Waals surface area contributed by atoms with Crippen LogP contribution < -0.4 is 36.5 Å². The number of para-hydroxylation sites is 1. The Morgan fingerprint density at radius 2 is 1.53 bits per heavy atom. The van der Waals surface area contributed by atoms with Gasteiger partial charge in [0.1, 0.15) is 17.3 Å². The molecule has 1 aromatic heterocycles. The van der Waals surface area contributed by atoms with E-state index in [1.165, 1.54) is 12.8 Å². The summed E-state index contributed by atoms with van der Waals surface area (Å²) in [5.41, 5.74) is 8.60. The number of nitrogens with one attached hydrogen (secondary N) is 4. The number of aromatic hydroxyl groups is 1. The second kappa shape index (κ2) is 25.4. The van der Waals surface area contributed by atoms with Crippen molar-refractivity contribution >= 4 is 29.2 Å². The van der Waals surface area contributed by atoms with Crippen molar-refractivity contribution in [1.82, 2.24) is 25.9 Å². The van der Waals surface area contributed by atoms with Crippen LogP contribution >= 0.6 is 23.4 Å². The lowest BCUT2D eigenvalue weighted by atomic mass is 10.0. The first-order chi connectivity index (χ1) is 24.9. The van der Waals surface area contributed by atoms with Gasteiger partial charge in [0.2, 0.25) is 5.28 Å². The summed E-state index contributed by atoms with van der Waals surface area (Å²) in [6.07, 6.45) is 7.51. The predicted molar refractivity (Wildman–Crippen MR) is 214 cm³/mol. The summed E-state index contributed by atoms with van der Waals surface area (Å²) in [5.74, 6) is 3.87. The van der Waals surface area contributed by atoms with Crippen molar-refractivity contribution in [2.24, 2.45) is 5.73 Å². The van der Waals surface area contributed by atoms with Gasteiger partial charge in [-0.3, -0.25) is 0 Å². The molecule has 0 aliphatic carbocycles. The van der Waals surface area contributed by atoms with Gasteiger partial charge in [0, 0.05) is 18.4 Å². The lowest BCUT2D eigenvalue weighted by Crippen LogP contribution is -2.24. The topological polar surface area (TPSA) is 139 Å². The number of hydrogen-bond acceptors (Lipinski definition) is 11. The van der Waals surface area contributed by atoms with Crippen molar-refractivity contribution in [1.29, 1.82) is 0 Å². The quantitative estimate of drug-likeness (QED) is 0.0333. The molecule has 0 radical (unpaired) electrons. The molecule has 278 valence electrons. The zero-order valence-corrected chi connectivity index (χ0v) is 31.9. The second-order valence-electron chi connectivity index (χ2n) is 11.9. The van der Waals surface area contributed by atoms with Gasteiger partial charge in [-0.2, -0.15) is 11.8 Å². The molecule has 1 atom stereocenters. The molecule has 12 heteroatoms. The van der Waals surface area contributed by atoms with E-state index in [1.807, 2.05) is 66.9 Å². The zero-order valence-electron chi connectivity index (χ0n) is 30.3. The third kappa shape index (κ3) is 17.0. The van der Waals surface area contributed by atoms with E-state index in [-0.39, 0.29) is 17.1 Å². The maximum Gasteiger partial charge on any atom is 0.224 e. The molecule has 7 N–H and O–H groups in total. The number of anilines is 1. The highest BCUT2D eigenvalue weighted by atomic mass is 35.5. The van der Waals surface area contributed by atoms with Crippen molar-refractivity contribution in [3.05, 3.63) is 101 Å². The molecule has 0 bridgehead atoms. The largest absolute Gasteiger partial charge is 0.504 e. The first-order valence-electron chi connectivity index (χ1n) is 17.8. The monoisotopic (exact) mass is 737 g/mol. The Bertz CT molecular complexity index is 1520. The van der Waals surface area contributed by atoms with E-state index < -0.39 is 0 Å². The number of benzene rings is 3. The summed E-state index contributed by atoms with van der Waals surface area (Å²) in [7, 11) is 1.56. The molecule has 51 heavy (non-hydrogen) atoms. The number of ether oxygens (including phenoxy) is 2. The lowest BCUT2D eigenvalue weighted by Gasteiger charge is -2.19. The number of phenolic OH excluding ortho intramolecular Hbond substituents is 1. The Kier molecular flexibility index (Phi) is 20.8. The third-order valence-corrected chi connectivity index (χ3v) is 8.56. The highest BCUT2D eigenvalue weighted by Gasteiger charge is 2.13. The van der Waals surface area contributed by atoms with E-state index in [2.05, 4.69) is 50.3 Å². The Morgan fingerprint density at radius 1 is 0.824 bits per heavy atom. The fraction of sp³-hybridized carbons (Fsp3) is 0.436. The number of aromatic nitrogens is 2. The number of nitrogens with zero attached hydrogens (tertiary/aromatic N) is 2. The molecule has 1 unspecified atom stereocenters. The minimum Gasteiger partial charge on any atom is -0.504 e. The van der Waals surface area contributed by atoms with Crippen LogP contribution in [0.4, 0.5) is 5.82 Å². The molecular weight excluding hydrogens is 682 g/mol. The molecule has 0 aliphatic rings. The van der Waals surface area contributed by atoms with Gasteiger partial charge in [-0.1, -0.05) is 43.3 Å². The summed E-state index contributed by atoms with van der Waals surface area (Å²) in [4.78, 5) is 8.59. The van der Waals surface area contributed by atoms with Gasteiger partial charge in [-0.25, -0.2) is 9.97 Å². The lowest BCUT2D eigenvalue weighted by molar-refractivity contribution is 0.373.